The number of ether oxygens (including phenoxy) is 10. The molecule has 4 saturated heterocycles. The van der Waals surface area contributed by atoms with Crippen LogP contribution < -0.4 is 0 Å². The van der Waals surface area contributed by atoms with Crippen molar-refractivity contribution in [3.05, 3.63) is 0 Å². The first-order chi connectivity index (χ1) is 55.6. The summed E-state index contributed by atoms with van der Waals surface area (Å²) in [6.07, 6.45) is 39.7. The number of esters is 9. The van der Waals surface area contributed by atoms with Crippen LogP contribution in [-0.2, 0) is 90.5 Å². The van der Waals surface area contributed by atoms with E-state index in [1.54, 1.807) is 0 Å². The third kappa shape index (κ3) is 23.5. The Morgan fingerprint density at radius 3 is 1.22 bits per heavy atom. The second-order valence-corrected chi connectivity index (χ2v) is 43.9. The standard InChI is InChI=1S/C19H32O2.C16H28O2.2C14H26O2.C13H18O4.C12H16O5.C12H22O2/c1-6-17(2,3)16(20)21-18(4,5)19-10-13-7-14(11-19)9-15(8-13)12-19;1-4-15(2,3)14(17)18-16(11-7-8-12-16)13-9-5-6-10-13;2*1-6-13(4,5)12(15)16-14(11(2)3)9-7-8-10-14;1-3-6(2)12(14)16-10-7-4-8-9(5-7)13(15)17-11(8)10;1-3-5(2)11(13)16-9-7-4-6-8(15-7)10(9)17-12(6)14;1-4-12(2,3)11(13)14-10-8-6-5-7-9-10/h13-15H,6-12H2,1-5H3;13H,4-12H2,1-3H3;2*11H,6-10H2,1-5H3;6-11H,3-5H2,1-2H3;5-10H,3-4H2,1-2H3;10H,4-9H2,1-3H3. The smallest absolute Gasteiger partial charge is 0.312 e. The SMILES string of the molecule is CCC(C)(C)C(=O)OC(C)(C)C12CC3CC(CC(C3)C1)C2.CCC(C)(C)C(=O)OC1(C(C)C)CCCC1.CCC(C)(C)C(=O)OC1(C(C)C)CCCC1.CCC(C)(C)C(=O)OC1(C2CCCC2)CCCC1.CCC(C)(C)C(=O)OC1CCCCC1.CCC(C)C(=O)OC1C2CC3C(=O)OC1C3C2.CCC(C)C(=O)OC1C2CC3C(=O)OC1C3O2. The number of carbonyl (C=O) groups excluding carboxylic acids is 9. The van der Waals surface area contributed by atoms with Crippen LogP contribution >= 0.6 is 0 Å². The van der Waals surface area contributed by atoms with Gasteiger partial charge in [0.05, 0.1) is 56.9 Å². The van der Waals surface area contributed by atoms with Gasteiger partial charge in [-0.2, -0.15) is 0 Å². The molecule has 0 spiro atoms. The summed E-state index contributed by atoms with van der Waals surface area (Å²) in [5.41, 5.74) is -2.19. The summed E-state index contributed by atoms with van der Waals surface area (Å²) in [6, 6.07) is 0. The highest BCUT2D eigenvalue weighted by atomic mass is 16.7. The van der Waals surface area contributed by atoms with E-state index in [9.17, 15) is 43.2 Å². The predicted molar refractivity (Wildman–Crippen MR) is 463 cm³/mol. The van der Waals surface area contributed by atoms with Gasteiger partial charge >= 0.3 is 53.7 Å². The van der Waals surface area contributed by atoms with Crippen LogP contribution in [0.2, 0.25) is 0 Å². The summed E-state index contributed by atoms with van der Waals surface area (Å²) in [5.74, 6) is 3.87. The van der Waals surface area contributed by atoms with Crippen LogP contribution in [0.1, 0.15) is 411 Å². The first-order valence-corrected chi connectivity index (χ1v) is 48.3. The number of fused-ring (bicyclic) bond motifs is 2. The molecule has 119 heavy (non-hydrogen) atoms. The third-order valence-electron chi connectivity index (χ3n) is 32.8. The minimum atomic E-state index is -0.399. The largest absolute Gasteiger partial charge is 0.462 e. The highest BCUT2D eigenvalue weighted by Crippen LogP contribution is 2.65. The lowest BCUT2D eigenvalue weighted by Crippen LogP contribution is -2.58. The van der Waals surface area contributed by atoms with Gasteiger partial charge in [-0.25, -0.2) is 0 Å². The van der Waals surface area contributed by atoms with Crippen LogP contribution in [0.5, 0.6) is 0 Å². The highest BCUT2D eigenvalue weighted by Gasteiger charge is 2.66. The van der Waals surface area contributed by atoms with E-state index in [-0.39, 0.29) is 169 Å². The van der Waals surface area contributed by atoms with E-state index in [1.807, 2.05) is 118 Å². The average molecular weight is 1670 g/mol. The fourth-order valence-corrected chi connectivity index (χ4v) is 21.4. The molecule has 15 aliphatic rings. The molecule has 12 atom stereocenters. The van der Waals surface area contributed by atoms with E-state index < -0.39 is 6.10 Å². The van der Waals surface area contributed by atoms with Gasteiger partial charge in [0, 0.05) is 17.3 Å². The Hall–Kier alpha value is -4.81. The van der Waals surface area contributed by atoms with E-state index >= 15 is 0 Å². The number of rotatable bonds is 25. The quantitative estimate of drug-likeness (QED) is 0.0609. The van der Waals surface area contributed by atoms with Crippen molar-refractivity contribution in [3.63, 3.8) is 0 Å². The van der Waals surface area contributed by atoms with Crippen LogP contribution in [0.3, 0.4) is 0 Å². The van der Waals surface area contributed by atoms with E-state index in [0.29, 0.717) is 36.0 Å². The first kappa shape index (κ1) is 99.6. The Morgan fingerprint density at radius 2 is 0.790 bits per heavy atom. The van der Waals surface area contributed by atoms with Crippen molar-refractivity contribution in [1.82, 2.24) is 0 Å². The molecule has 4 heterocycles. The molecular formula is C100H168O19. The molecule has 11 saturated carbocycles. The van der Waals surface area contributed by atoms with Gasteiger partial charge in [-0.15, -0.1) is 0 Å². The second kappa shape index (κ2) is 41.1. The molecule has 0 N–H and O–H groups in total. The lowest BCUT2D eigenvalue weighted by atomic mass is 9.46. The van der Waals surface area contributed by atoms with Crippen LogP contribution in [0.25, 0.3) is 0 Å². The molecule has 11 aliphatic carbocycles. The molecule has 0 radical (unpaired) electrons. The Labute approximate surface area is 719 Å². The third-order valence-corrected chi connectivity index (χ3v) is 32.8. The van der Waals surface area contributed by atoms with Crippen molar-refractivity contribution in [2.45, 2.75) is 476 Å². The molecule has 8 bridgehead atoms. The van der Waals surface area contributed by atoms with Crippen LogP contribution in [0, 0.1) is 104 Å². The van der Waals surface area contributed by atoms with Crippen molar-refractivity contribution in [2.24, 2.45) is 104 Å². The van der Waals surface area contributed by atoms with Gasteiger partial charge in [-0.1, -0.05) is 109 Å². The van der Waals surface area contributed by atoms with Crippen molar-refractivity contribution in [3.8, 4) is 0 Å². The summed E-state index contributed by atoms with van der Waals surface area (Å²) >= 11 is 0. The maximum absolute atomic E-state index is 12.6. The molecule has 12 unspecified atom stereocenters. The molecule has 15 fully saturated rings. The first-order valence-electron chi connectivity index (χ1n) is 48.3. The number of hydrogen-bond donors (Lipinski definition) is 0. The van der Waals surface area contributed by atoms with Crippen molar-refractivity contribution in [2.75, 3.05) is 0 Å². The Balaban J connectivity index is 0.000000174. The zero-order valence-electron chi connectivity index (χ0n) is 79.4. The molecule has 0 aromatic heterocycles. The van der Waals surface area contributed by atoms with E-state index in [1.165, 1.54) is 122 Å². The maximum atomic E-state index is 12.6. The zero-order valence-corrected chi connectivity index (χ0v) is 79.4. The predicted octanol–water partition coefficient (Wildman–Crippen LogP) is 22.8. The Bertz CT molecular complexity index is 3200. The van der Waals surface area contributed by atoms with Crippen LogP contribution in [-0.4, -0.2) is 119 Å². The molecule has 0 amide bonds. The topological polar surface area (TPSA) is 246 Å². The Kier molecular flexibility index (Phi) is 34.4. The van der Waals surface area contributed by atoms with Crippen molar-refractivity contribution < 1.29 is 90.5 Å². The maximum Gasteiger partial charge on any atom is 0.312 e. The molecule has 0 aromatic rings. The monoisotopic (exact) mass is 1670 g/mol. The van der Waals surface area contributed by atoms with Crippen LogP contribution in [0.4, 0.5) is 0 Å². The summed E-state index contributed by atoms with van der Waals surface area (Å²) < 4.78 is 56.7. The lowest BCUT2D eigenvalue weighted by Gasteiger charge is -2.61. The zero-order chi connectivity index (χ0) is 88.4. The Morgan fingerprint density at radius 1 is 0.403 bits per heavy atom. The van der Waals surface area contributed by atoms with Gasteiger partial charge in [0.15, 0.2) is 12.2 Å². The summed E-state index contributed by atoms with van der Waals surface area (Å²) in [7, 11) is 0. The molecule has 4 aliphatic heterocycles. The fraction of sp³-hybridized carbons (Fsp3) is 0.910. The minimum absolute atomic E-state index is 0.00857. The van der Waals surface area contributed by atoms with E-state index in [0.717, 1.165) is 127 Å². The second-order valence-electron chi connectivity index (χ2n) is 43.9. The van der Waals surface area contributed by atoms with Crippen molar-refractivity contribution >= 4 is 53.7 Å². The molecule has 19 nitrogen and oxygen atoms in total. The van der Waals surface area contributed by atoms with Gasteiger partial charge in [0.25, 0.3) is 0 Å². The molecule has 15 rings (SSSR count). The minimum Gasteiger partial charge on any atom is -0.462 e. The van der Waals surface area contributed by atoms with Crippen molar-refractivity contribution in [1.29, 1.82) is 0 Å². The lowest BCUT2D eigenvalue weighted by molar-refractivity contribution is -0.206. The van der Waals surface area contributed by atoms with Gasteiger partial charge in [-0.3, -0.25) is 43.2 Å². The highest BCUT2D eigenvalue weighted by molar-refractivity contribution is 5.80. The van der Waals surface area contributed by atoms with Gasteiger partial charge < -0.3 is 47.4 Å². The summed E-state index contributed by atoms with van der Waals surface area (Å²) in [6.45, 7) is 50.7. The summed E-state index contributed by atoms with van der Waals surface area (Å²) in [4.78, 5) is 108. The van der Waals surface area contributed by atoms with E-state index in [4.69, 9.17) is 47.4 Å². The van der Waals surface area contributed by atoms with Crippen LogP contribution in [0.15, 0.2) is 0 Å². The molecule has 19 heteroatoms. The normalized spacial score (nSPS) is 30.7. The van der Waals surface area contributed by atoms with Gasteiger partial charge in [-0.05, 0) is 337 Å². The van der Waals surface area contributed by atoms with Gasteiger partial charge in [0.1, 0.15) is 46.8 Å². The molecule has 682 valence electrons. The molecular weight excluding hydrogens is 1510 g/mol. The van der Waals surface area contributed by atoms with E-state index in [2.05, 4.69) is 55.4 Å². The number of carbonyl (C=O) groups is 9. The molecule has 0 aromatic carbocycles. The number of hydrogen-bond acceptors (Lipinski definition) is 19. The average Bonchev–Trinajstić information content (AvgIpc) is 1.65. The fourth-order valence-electron chi connectivity index (χ4n) is 21.4. The van der Waals surface area contributed by atoms with Gasteiger partial charge in [0.2, 0.25) is 0 Å². The summed E-state index contributed by atoms with van der Waals surface area (Å²) in [5, 5.41) is 0.